The first-order valence-corrected chi connectivity index (χ1v) is 6.55. The van der Waals surface area contributed by atoms with Gasteiger partial charge < -0.3 is 9.64 Å². The predicted octanol–water partition coefficient (Wildman–Crippen LogP) is 2.05. The Morgan fingerprint density at radius 1 is 1.29 bits per heavy atom. The summed E-state index contributed by atoms with van der Waals surface area (Å²) in [5.74, 6) is 2.03. The van der Waals surface area contributed by atoms with Crippen LogP contribution < -0.4 is 4.90 Å². The van der Waals surface area contributed by atoms with Crippen molar-refractivity contribution in [3.8, 4) is 0 Å². The molecule has 0 radical (unpaired) electrons. The minimum absolute atomic E-state index is 0.801. The van der Waals surface area contributed by atoms with Gasteiger partial charge >= 0.3 is 0 Å². The maximum Gasteiger partial charge on any atom is 0.132 e. The first-order chi connectivity index (χ1) is 8.40. The highest BCUT2D eigenvalue weighted by Gasteiger charge is 2.12. The fourth-order valence-corrected chi connectivity index (χ4v) is 2.01. The van der Waals surface area contributed by atoms with Gasteiger partial charge in [0.25, 0.3) is 0 Å². The second kappa shape index (κ2) is 6.55. The number of hydrogen-bond acceptors (Lipinski definition) is 4. The summed E-state index contributed by atoms with van der Waals surface area (Å²) in [6, 6.07) is 1.99. The van der Waals surface area contributed by atoms with Gasteiger partial charge in [0.05, 0.1) is 13.2 Å². The minimum Gasteiger partial charge on any atom is -0.378 e. The van der Waals surface area contributed by atoms with Crippen LogP contribution in [0.1, 0.15) is 32.0 Å². The van der Waals surface area contributed by atoms with Gasteiger partial charge in [0.1, 0.15) is 11.6 Å². The van der Waals surface area contributed by atoms with Crippen molar-refractivity contribution >= 4 is 5.82 Å². The zero-order valence-electron chi connectivity index (χ0n) is 10.6. The van der Waals surface area contributed by atoms with Crippen molar-refractivity contribution < 1.29 is 4.74 Å². The first kappa shape index (κ1) is 12.3. The molecule has 4 heteroatoms. The summed E-state index contributed by atoms with van der Waals surface area (Å²) in [7, 11) is 0. The molecule has 0 unspecified atom stereocenters. The summed E-state index contributed by atoms with van der Waals surface area (Å²) in [6.07, 6.45) is 6.54. The van der Waals surface area contributed by atoms with Crippen molar-refractivity contribution in [3.63, 3.8) is 0 Å². The van der Waals surface area contributed by atoms with E-state index in [-0.39, 0.29) is 0 Å². The lowest BCUT2D eigenvalue weighted by atomic mass is 10.2. The highest BCUT2D eigenvalue weighted by atomic mass is 16.5. The number of ether oxygens (including phenoxy) is 1. The van der Waals surface area contributed by atoms with Gasteiger partial charge in [0, 0.05) is 25.7 Å². The zero-order chi connectivity index (χ0) is 11.9. The molecule has 0 aliphatic carbocycles. The number of aromatic nitrogens is 2. The summed E-state index contributed by atoms with van der Waals surface area (Å²) in [4.78, 5) is 11.2. The Morgan fingerprint density at radius 3 is 2.88 bits per heavy atom. The van der Waals surface area contributed by atoms with E-state index < -0.39 is 0 Å². The molecule has 1 aliphatic rings. The van der Waals surface area contributed by atoms with Gasteiger partial charge in [-0.1, -0.05) is 19.8 Å². The van der Waals surface area contributed by atoms with Crippen LogP contribution in [0.3, 0.4) is 0 Å². The van der Waals surface area contributed by atoms with Crippen LogP contribution >= 0.6 is 0 Å². The molecule has 0 atom stereocenters. The number of morpholine rings is 1. The van der Waals surface area contributed by atoms with Crippen LogP contribution in [0.5, 0.6) is 0 Å². The van der Waals surface area contributed by atoms with Crippen molar-refractivity contribution in [1.82, 2.24) is 9.97 Å². The smallest absolute Gasteiger partial charge is 0.132 e. The molecule has 0 aromatic carbocycles. The number of rotatable bonds is 5. The highest BCUT2D eigenvalue weighted by molar-refractivity contribution is 5.37. The molecule has 1 aromatic heterocycles. The molecule has 4 nitrogen and oxygen atoms in total. The normalized spacial score (nSPS) is 16.2. The number of anilines is 1. The quantitative estimate of drug-likeness (QED) is 0.732. The molecule has 0 spiro atoms. The Kier molecular flexibility index (Phi) is 4.74. The van der Waals surface area contributed by atoms with E-state index in [1.54, 1.807) is 0 Å². The molecule has 1 saturated heterocycles. The summed E-state index contributed by atoms with van der Waals surface area (Å²) in [6.45, 7) is 5.69. The number of aryl methyl sites for hydroxylation is 1. The lowest BCUT2D eigenvalue weighted by Gasteiger charge is -2.27. The van der Waals surface area contributed by atoms with E-state index >= 15 is 0 Å². The van der Waals surface area contributed by atoms with Crippen LogP contribution in [0.4, 0.5) is 5.82 Å². The molecular formula is C13H21N3O. The van der Waals surface area contributed by atoms with E-state index in [0.29, 0.717) is 0 Å². The van der Waals surface area contributed by atoms with Crippen molar-refractivity contribution in [1.29, 1.82) is 0 Å². The number of hydrogen-bond donors (Lipinski definition) is 0. The first-order valence-electron chi connectivity index (χ1n) is 6.55. The van der Waals surface area contributed by atoms with Crippen LogP contribution in [0.25, 0.3) is 0 Å². The van der Waals surface area contributed by atoms with Gasteiger partial charge in [0.15, 0.2) is 0 Å². The molecule has 2 rings (SSSR count). The Bertz CT molecular complexity index is 337. The third-order valence-corrected chi connectivity index (χ3v) is 3.03. The van der Waals surface area contributed by atoms with Crippen molar-refractivity contribution in [2.45, 2.75) is 32.6 Å². The van der Waals surface area contributed by atoms with Crippen LogP contribution in [0, 0.1) is 0 Å². The Hall–Kier alpha value is -1.16. The van der Waals surface area contributed by atoms with Crippen molar-refractivity contribution in [2.24, 2.45) is 0 Å². The third kappa shape index (κ3) is 3.66. The topological polar surface area (TPSA) is 38.2 Å². The molecule has 1 aliphatic heterocycles. The molecule has 17 heavy (non-hydrogen) atoms. The second-order valence-electron chi connectivity index (χ2n) is 4.39. The SMILES string of the molecule is CCCCCc1nccc(N2CCOCC2)n1. The van der Waals surface area contributed by atoms with E-state index in [1.807, 2.05) is 12.3 Å². The molecule has 0 saturated carbocycles. The largest absolute Gasteiger partial charge is 0.378 e. The van der Waals surface area contributed by atoms with Crippen LogP contribution in [-0.2, 0) is 11.2 Å². The van der Waals surface area contributed by atoms with Crippen LogP contribution in [-0.4, -0.2) is 36.3 Å². The Morgan fingerprint density at radius 2 is 2.12 bits per heavy atom. The van der Waals surface area contributed by atoms with Gasteiger partial charge in [-0.05, 0) is 12.5 Å². The zero-order valence-corrected chi connectivity index (χ0v) is 10.6. The molecule has 1 aromatic rings. The Balaban J connectivity index is 1.95. The highest BCUT2D eigenvalue weighted by Crippen LogP contribution is 2.12. The monoisotopic (exact) mass is 235 g/mol. The lowest BCUT2D eigenvalue weighted by molar-refractivity contribution is 0.122. The van der Waals surface area contributed by atoms with E-state index in [1.165, 1.54) is 19.3 Å². The van der Waals surface area contributed by atoms with Crippen LogP contribution in [0.2, 0.25) is 0 Å². The minimum atomic E-state index is 0.801. The fourth-order valence-electron chi connectivity index (χ4n) is 2.01. The van der Waals surface area contributed by atoms with Crippen LogP contribution in [0.15, 0.2) is 12.3 Å². The summed E-state index contributed by atoms with van der Waals surface area (Å²) >= 11 is 0. The summed E-state index contributed by atoms with van der Waals surface area (Å²) in [5.41, 5.74) is 0. The molecule has 0 bridgehead atoms. The molecule has 1 fully saturated rings. The average Bonchev–Trinajstić information content (AvgIpc) is 2.41. The van der Waals surface area contributed by atoms with Gasteiger partial charge in [-0.25, -0.2) is 9.97 Å². The standard InChI is InChI=1S/C13H21N3O/c1-2-3-4-5-12-14-7-6-13(15-12)16-8-10-17-11-9-16/h6-7H,2-5,8-11H2,1H3. The molecular weight excluding hydrogens is 214 g/mol. The van der Waals surface area contributed by atoms with Crippen molar-refractivity contribution in [3.05, 3.63) is 18.1 Å². The molecule has 94 valence electrons. The van der Waals surface area contributed by atoms with Gasteiger partial charge in [0.2, 0.25) is 0 Å². The van der Waals surface area contributed by atoms with E-state index in [4.69, 9.17) is 4.74 Å². The predicted molar refractivity (Wildman–Crippen MR) is 68.3 cm³/mol. The van der Waals surface area contributed by atoms with Gasteiger partial charge in [-0.3, -0.25) is 0 Å². The number of nitrogens with zero attached hydrogens (tertiary/aromatic N) is 3. The van der Waals surface area contributed by atoms with Crippen molar-refractivity contribution in [2.75, 3.05) is 31.2 Å². The molecule has 0 N–H and O–H groups in total. The summed E-state index contributed by atoms with van der Waals surface area (Å²) < 4.78 is 5.35. The van der Waals surface area contributed by atoms with Gasteiger partial charge in [-0.2, -0.15) is 0 Å². The van der Waals surface area contributed by atoms with E-state index in [2.05, 4.69) is 21.8 Å². The fraction of sp³-hybridized carbons (Fsp3) is 0.692. The third-order valence-electron chi connectivity index (χ3n) is 3.03. The van der Waals surface area contributed by atoms with E-state index in [9.17, 15) is 0 Å². The van der Waals surface area contributed by atoms with Gasteiger partial charge in [-0.15, -0.1) is 0 Å². The maximum atomic E-state index is 5.35. The molecule has 2 heterocycles. The van der Waals surface area contributed by atoms with E-state index in [0.717, 1.165) is 44.4 Å². The number of unbranched alkanes of at least 4 members (excludes halogenated alkanes) is 2. The molecule has 0 amide bonds. The Labute approximate surface area is 103 Å². The lowest BCUT2D eigenvalue weighted by Crippen LogP contribution is -2.36. The average molecular weight is 235 g/mol. The second-order valence-corrected chi connectivity index (χ2v) is 4.39. The summed E-state index contributed by atoms with van der Waals surface area (Å²) in [5, 5.41) is 0. The maximum absolute atomic E-state index is 5.35.